The molecular weight excluding hydrogens is 454 g/mol. The first-order chi connectivity index (χ1) is 17.2. The predicted molar refractivity (Wildman–Crippen MR) is 141 cm³/mol. The Morgan fingerprint density at radius 2 is 1.81 bits per heavy atom. The number of amides is 2. The van der Waals surface area contributed by atoms with Crippen LogP contribution < -0.4 is 11.1 Å². The van der Waals surface area contributed by atoms with E-state index in [0.717, 1.165) is 41.3 Å². The van der Waals surface area contributed by atoms with Crippen LogP contribution in [0.4, 0.5) is 0 Å². The number of rotatable bonds is 12. The highest BCUT2D eigenvalue weighted by Gasteiger charge is 2.23. The Bertz CT molecular complexity index is 1060. The number of hydrogen-bond donors (Lipinski definition) is 3. The van der Waals surface area contributed by atoms with Gasteiger partial charge in [-0.25, -0.2) is 4.79 Å². The van der Waals surface area contributed by atoms with Crippen molar-refractivity contribution in [3.05, 3.63) is 59.2 Å². The number of nitrogens with two attached hydrogens (primary N) is 1. The average Bonchev–Trinajstić information content (AvgIpc) is 2.85. The van der Waals surface area contributed by atoms with Gasteiger partial charge in [-0.3, -0.25) is 9.59 Å². The highest BCUT2D eigenvalue weighted by molar-refractivity contribution is 6.02. The summed E-state index contributed by atoms with van der Waals surface area (Å²) in [5.41, 5.74) is 9.39. The van der Waals surface area contributed by atoms with E-state index in [2.05, 4.69) is 17.3 Å². The van der Waals surface area contributed by atoms with E-state index in [4.69, 9.17) is 5.73 Å². The maximum Gasteiger partial charge on any atom is 0.326 e. The quantitative estimate of drug-likeness (QED) is 0.403. The van der Waals surface area contributed by atoms with E-state index in [-0.39, 0.29) is 12.8 Å². The van der Waals surface area contributed by atoms with Gasteiger partial charge in [0.25, 0.3) is 5.91 Å². The Balaban J connectivity index is 1.80. The molecule has 1 saturated carbocycles. The Morgan fingerprint density at radius 3 is 2.47 bits per heavy atom. The van der Waals surface area contributed by atoms with Gasteiger partial charge in [-0.15, -0.1) is 0 Å². The van der Waals surface area contributed by atoms with Gasteiger partial charge >= 0.3 is 5.97 Å². The van der Waals surface area contributed by atoms with Crippen LogP contribution in [-0.4, -0.2) is 47.4 Å². The van der Waals surface area contributed by atoms with Crippen LogP contribution in [0.3, 0.4) is 0 Å². The molecule has 1 aliphatic rings. The number of carbonyl (C=O) groups excluding carboxylic acids is 2. The summed E-state index contributed by atoms with van der Waals surface area (Å²) in [6, 6.07) is 12.4. The van der Waals surface area contributed by atoms with Gasteiger partial charge < -0.3 is 21.1 Å². The van der Waals surface area contributed by atoms with Crippen LogP contribution in [0, 0.1) is 12.8 Å². The van der Waals surface area contributed by atoms with E-state index in [1.54, 1.807) is 6.07 Å². The van der Waals surface area contributed by atoms with E-state index < -0.39 is 23.8 Å². The molecule has 0 spiro atoms. The summed E-state index contributed by atoms with van der Waals surface area (Å²) < 4.78 is 0. The maximum atomic E-state index is 13.2. The fourth-order valence-corrected chi connectivity index (χ4v) is 5.04. The molecule has 0 radical (unpaired) electrons. The van der Waals surface area contributed by atoms with Crippen molar-refractivity contribution >= 4 is 17.8 Å². The number of nitrogens with zero attached hydrogens (tertiary/aromatic N) is 1. The largest absolute Gasteiger partial charge is 0.480 e. The molecule has 0 bridgehead atoms. The van der Waals surface area contributed by atoms with Gasteiger partial charge in [0.15, 0.2) is 0 Å². The zero-order valence-corrected chi connectivity index (χ0v) is 21.5. The molecule has 36 heavy (non-hydrogen) atoms. The summed E-state index contributed by atoms with van der Waals surface area (Å²) in [7, 11) is 2.13. The van der Waals surface area contributed by atoms with E-state index >= 15 is 0 Å². The highest BCUT2D eigenvalue weighted by Crippen LogP contribution is 2.29. The van der Waals surface area contributed by atoms with Crippen molar-refractivity contribution in [2.45, 2.75) is 70.9 Å². The van der Waals surface area contributed by atoms with Crippen molar-refractivity contribution in [3.8, 4) is 11.1 Å². The normalized spacial score (nSPS) is 15.0. The zero-order valence-electron chi connectivity index (χ0n) is 21.5. The Kier molecular flexibility index (Phi) is 10.1. The number of carboxylic acid groups (broad SMARTS) is 1. The third kappa shape index (κ3) is 7.92. The van der Waals surface area contributed by atoms with Crippen LogP contribution in [0.5, 0.6) is 0 Å². The molecule has 1 atom stereocenters. The van der Waals surface area contributed by atoms with Gasteiger partial charge in [0.1, 0.15) is 6.04 Å². The first-order valence-corrected chi connectivity index (χ1v) is 12.9. The number of aryl methyl sites for hydroxylation is 1. The molecule has 2 amide bonds. The number of nitrogens with one attached hydrogen (secondary N) is 1. The van der Waals surface area contributed by atoms with Crippen molar-refractivity contribution < 1.29 is 19.5 Å². The average molecular weight is 494 g/mol. The lowest BCUT2D eigenvalue weighted by Crippen LogP contribution is -2.41. The van der Waals surface area contributed by atoms with Crippen LogP contribution in [0.2, 0.25) is 0 Å². The van der Waals surface area contributed by atoms with Crippen LogP contribution in [0.15, 0.2) is 42.5 Å². The lowest BCUT2D eigenvalue weighted by Gasteiger charge is -2.25. The van der Waals surface area contributed by atoms with Gasteiger partial charge in [0.05, 0.1) is 0 Å². The SMILES string of the molecule is Cc1ccccc1-c1cc(CN(C)CCC2CCCCC2)ccc1C(=O)N[C@@H](CCC(N)=O)C(=O)O. The van der Waals surface area contributed by atoms with Crippen molar-refractivity contribution in [1.82, 2.24) is 10.2 Å². The van der Waals surface area contributed by atoms with Crippen LogP contribution >= 0.6 is 0 Å². The van der Waals surface area contributed by atoms with E-state index in [1.165, 1.54) is 38.5 Å². The predicted octanol–water partition coefficient (Wildman–Crippen LogP) is 4.51. The lowest BCUT2D eigenvalue weighted by atomic mass is 9.87. The molecule has 1 aliphatic carbocycles. The second kappa shape index (κ2) is 13.2. The van der Waals surface area contributed by atoms with Crippen molar-refractivity contribution in [1.29, 1.82) is 0 Å². The smallest absolute Gasteiger partial charge is 0.326 e. The second-order valence-corrected chi connectivity index (χ2v) is 10.1. The molecule has 7 heteroatoms. The lowest BCUT2D eigenvalue weighted by molar-refractivity contribution is -0.139. The fraction of sp³-hybridized carbons (Fsp3) is 0.483. The van der Waals surface area contributed by atoms with Crippen molar-refractivity contribution in [3.63, 3.8) is 0 Å². The monoisotopic (exact) mass is 493 g/mol. The number of primary amides is 1. The minimum absolute atomic E-state index is 0.0556. The number of benzene rings is 2. The third-order valence-electron chi connectivity index (χ3n) is 7.14. The van der Waals surface area contributed by atoms with Gasteiger partial charge in [-0.2, -0.15) is 0 Å². The summed E-state index contributed by atoms with van der Waals surface area (Å²) >= 11 is 0. The van der Waals surface area contributed by atoms with Crippen LogP contribution in [0.25, 0.3) is 11.1 Å². The van der Waals surface area contributed by atoms with Crippen LogP contribution in [-0.2, 0) is 16.1 Å². The highest BCUT2D eigenvalue weighted by atomic mass is 16.4. The van der Waals surface area contributed by atoms with E-state index in [1.807, 2.05) is 43.3 Å². The van der Waals surface area contributed by atoms with Crippen LogP contribution in [0.1, 0.15) is 72.9 Å². The molecule has 2 aromatic carbocycles. The zero-order chi connectivity index (χ0) is 26.1. The summed E-state index contributed by atoms with van der Waals surface area (Å²) in [6.45, 7) is 3.80. The van der Waals surface area contributed by atoms with Gasteiger partial charge in [-0.05, 0) is 73.7 Å². The van der Waals surface area contributed by atoms with Crippen molar-refractivity contribution in [2.24, 2.45) is 11.7 Å². The first kappa shape index (κ1) is 27.4. The number of aliphatic carboxylic acids is 1. The Labute approximate surface area is 214 Å². The summed E-state index contributed by atoms with van der Waals surface area (Å²) in [6.07, 6.45) is 7.79. The number of hydrogen-bond acceptors (Lipinski definition) is 4. The Morgan fingerprint density at radius 1 is 1.08 bits per heavy atom. The Hall–Kier alpha value is -3.19. The second-order valence-electron chi connectivity index (χ2n) is 10.1. The van der Waals surface area contributed by atoms with E-state index in [9.17, 15) is 19.5 Å². The molecule has 0 unspecified atom stereocenters. The van der Waals surface area contributed by atoms with Crippen molar-refractivity contribution in [2.75, 3.05) is 13.6 Å². The molecule has 3 rings (SSSR count). The standard InChI is InChI=1S/C29H39N3O4/c1-20-8-6-7-11-23(20)25-18-22(19-32(2)17-16-21-9-4-3-5-10-21)12-13-24(25)28(34)31-26(29(35)36)14-15-27(30)33/h6-8,11-13,18,21,26H,3-5,9-10,14-17,19H2,1-2H3,(H2,30,33)(H,31,34)(H,35,36)/t26-/m0/s1. The van der Waals surface area contributed by atoms with Gasteiger partial charge in [0.2, 0.25) is 5.91 Å². The number of carboxylic acids is 1. The molecule has 1 fully saturated rings. The molecule has 0 saturated heterocycles. The first-order valence-electron chi connectivity index (χ1n) is 12.9. The molecule has 0 aliphatic heterocycles. The molecule has 194 valence electrons. The maximum absolute atomic E-state index is 13.2. The molecular formula is C29H39N3O4. The molecule has 4 N–H and O–H groups in total. The summed E-state index contributed by atoms with van der Waals surface area (Å²) in [4.78, 5) is 38.3. The molecule has 0 heterocycles. The fourth-order valence-electron chi connectivity index (χ4n) is 5.04. The van der Waals surface area contributed by atoms with Gasteiger partial charge in [0, 0.05) is 18.5 Å². The molecule has 0 aromatic heterocycles. The topological polar surface area (TPSA) is 113 Å². The van der Waals surface area contributed by atoms with Gasteiger partial charge in [-0.1, -0.05) is 62.4 Å². The summed E-state index contributed by atoms with van der Waals surface area (Å²) in [5.74, 6) is -1.46. The van der Waals surface area contributed by atoms with E-state index in [0.29, 0.717) is 5.56 Å². The summed E-state index contributed by atoms with van der Waals surface area (Å²) in [5, 5.41) is 12.1. The molecule has 2 aromatic rings. The minimum Gasteiger partial charge on any atom is -0.480 e. The number of carbonyl (C=O) groups is 3. The third-order valence-corrected chi connectivity index (χ3v) is 7.14. The molecule has 7 nitrogen and oxygen atoms in total. The minimum atomic E-state index is -1.20.